The standard InChI is InChI=1S/C37H46ClN2O7P/c1-4-46-48(43,44)47-30-12-11-26-20-27(19-24(2)23-45-33-13-18-39-32-10-5-7-25(3)34(32)33)36(31(26)22-30)14-16-37(17-15-36,35(41)42)40-29-9-6-8-28(38)21-29/h6,8-9,11-13,18,21-22,24-25,27,40H,4-5,7,10,14-17,19-20,23H2,1-3H3,(H,41,42)(H,43,44)/t24-,25-,27+,36?,37?/m1/s1. The zero-order valence-electron chi connectivity index (χ0n) is 27.9. The molecule has 0 bridgehead atoms. The van der Waals surface area contributed by atoms with E-state index in [-0.39, 0.29) is 29.6 Å². The fraction of sp³-hybridized carbons (Fsp3) is 0.514. The van der Waals surface area contributed by atoms with Gasteiger partial charge in [0.1, 0.15) is 17.0 Å². The predicted octanol–water partition coefficient (Wildman–Crippen LogP) is 8.72. The first kappa shape index (κ1) is 34.8. The molecule has 2 aromatic carbocycles. The zero-order chi connectivity index (χ0) is 34.1. The van der Waals surface area contributed by atoms with Crippen LogP contribution in [0.5, 0.6) is 11.5 Å². The van der Waals surface area contributed by atoms with Gasteiger partial charge >= 0.3 is 13.8 Å². The fourth-order valence-corrected chi connectivity index (χ4v) is 9.41. The van der Waals surface area contributed by atoms with Crippen LogP contribution in [0.15, 0.2) is 54.7 Å². The molecule has 0 aliphatic heterocycles. The fourth-order valence-electron chi connectivity index (χ4n) is 8.46. The van der Waals surface area contributed by atoms with Gasteiger partial charge in [0.2, 0.25) is 0 Å². The van der Waals surface area contributed by atoms with Crippen molar-refractivity contribution < 1.29 is 33.1 Å². The molecule has 9 nitrogen and oxygen atoms in total. The van der Waals surface area contributed by atoms with Crippen LogP contribution in [-0.4, -0.2) is 39.7 Å². The largest absolute Gasteiger partial charge is 0.527 e. The number of benzene rings is 2. The highest BCUT2D eigenvalue weighted by Gasteiger charge is 2.54. The quantitative estimate of drug-likeness (QED) is 0.159. The molecule has 4 atom stereocenters. The van der Waals surface area contributed by atoms with Gasteiger partial charge in [-0.15, -0.1) is 0 Å². The zero-order valence-corrected chi connectivity index (χ0v) is 29.6. The van der Waals surface area contributed by atoms with Crippen molar-refractivity contribution in [2.45, 2.75) is 95.4 Å². The third kappa shape index (κ3) is 7.11. The smallest absolute Gasteiger partial charge is 0.493 e. The number of ether oxygens (including phenoxy) is 1. The van der Waals surface area contributed by atoms with Crippen molar-refractivity contribution in [3.8, 4) is 11.5 Å². The number of carboxylic acid groups (broad SMARTS) is 1. The SMILES string of the molecule is CCOP(=O)(O)Oc1ccc2c(c1)C1(CCC(Nc3cccc(Cl)c3)(C(=O)O)CC1)[C@@H](C[C@@H](C)COc1ccnc3c1[C@H](C)CCC3)C2. The Bertz CT molecular complexity index is 1690. The van der Waals surface area contributed by atoms with Crippen LogP contribution < -0.4 is 14.6 Å². The molecule has 258 valence electrons. The number of aliphatic carboxylic acids is 1. The summed E-state index contributed by atoms with van der Waals surface area (Å²) in [7, 11) is -4.28. The number of anilines is 1. The third-order valence-corrected chi connectivity index (χ3v) is 12.0. The average molecular weight is 697 g/mol. The van der Waals surface area contributed by atoms with E-state index in [1.165, 1.54) is 5.56 Å². The summed E-state index contributed by atoms with van der Waals surface area (Å²) >= 11 is 6.24. The van der Waals surface area contributed by atoms with E-state index in [2.05, 4.69) is 24.1 Å². The molecule has 6 rings (SSSR count). The summed E-state index contributed by atoms with van der Waals surface area (Å²) < 4.78 is 29.5. The third-order valence-electron chi connectivity index (χ3n) is 10.8. The predicted molar refractivity (Wildman–Crippen MR) is 186 cm³/mol. The van der Waals surface area contributed by atoms with Gasteiger partial charge in [-0.05, 0) is 135 Å². The van der Waals surface area contributed by atoms with Gasteiger partial charge in [0.25, 0.3) is 0 Å². The molecule has 3 N–H and O–H groups in total. The highest BCUT2D eigenvalue weighted by molar-refractivity contribution is 7.47. The molecule has 3 aliphatic rings. The summed E-state index contributed by atoms with van der Waals surface area (Å²) in [6.45, 7) is 6.72. The molecular weight excluding hydrogens is 651 g/mol. The first-order valence-electron chi connectivity index (χ1n) is 17.1. The van der Waals surface area contributed by atoms with Crippen molar-refractivity contribution in [3.63, 3.8) is 0 Å². The molecule has 11 heteroatoms. The minimum Gasteiger partial charge on any atom is -0.493 e. The van der Waals surface area contributed by atoms with Crippen molar-refractivity contribution in [3.05, 3.63) is 82.1 Å². The van der Waals surface area contributed by atoms with Crippen LogP contribution >= 0.6 is 19.4 Å². The first-order chi connectivity index (χ1) is 22.9. The number of hydrogen-bond acceptors (Lipinski definition) is 7. The summed E-state index contributed by atoms with van der Waals surface area (Å²) in [6, 6.07) is 14.7. The van der Waals surface area contributed by atoms with Crippen molar-refractivity contribution in [2.75, 3.05) is 18.5 Å². The van der Waals surface area contributed by atoms with Crippen LogP contribution in [0.4, 0.5) is 5.69 Å². The number of carbonyl (C=O) groups is 1. The number of halogens is 1. The van der Waals surface area contributed by atoms with E-state index in [4.69, 9.17) is 25.4 Å². The lowest BCUT2D eigenvalue weighted by Gasteiger charge is -2.47. The number of aryl methyl sites for hydroxylation is 1. The normalized spacial score (nSPS) is 26.6. The van der Waals surface area contributed by atoms with Gasteiger partial charge in [-0.3, -0.25) is 14.4 Å². The van der Waals surface area contributed by atoms with Crippen molar-refractivity contribution in [1.82, 2.24) is 4.98 Å². The van der Waals surface area contributed by atoms with Crippen LogP contribution in [0.3, 0.4) is 0 Å². The lowest BCUT2D eigenvalue weighted by Crippen LogP contribution is -2.53. The summed E-state index contributed by atoms with van der Waals surface area (Å²) in [5.74, 6) is 1.19. The number of phosphoric ester groups is 1. The number of nitrogens with one attached hydrogen (secondary N) is 1. The number of fused-ring (bicyclic) bond motifs is 3. The number of hydrogen-bond donors (Lipinski definition) is 3. The highest BCUT2D eigenvalue weighted by Crippen LogP contribution is 2.57. The summed E-state index contributed by atoms with van der Waals surface area (Å²) in [5, 5.41) is 14.4. The van der Waals surface area contributed by atoms with E-state index in [0.29, 0.717) is 48.9 Å². The molecule has 3 aliphatic carbocycles. The average Bonchev–Trinajstić information content (AvgIpc) is 3.32. The highest BCUT2D eigenvalue weighted by atomic mass is 35.5. The maximum Gasteiger partial charge on any atom is 0.527 e. The van der Waals surface area contributed by atoms with E-state index in [0.717, 1.165) is 54.7 Å². The lowest BCUT2D eigenvalue weighted by molar-refractivity contribution is -0.144. The maximum atomic E-state index is 12.9. The molecule has 0 amide bonds. The molecule has 1 spiro atoms. The monoisotopic (exact) mass is 696 g/mol. The molecule has 0 saturated heterocycles. The van der Waals surface area contributed by atoms with Crippen molar-refractivity contribution in [2.24, 2.45) is 11.8 Å². The maximum absolute atomic E-state index is 12.9. The van der Waals surface area contributed by atoms with Gasteiger partial charge in [0, 0.05) is 28.2 Å². The van der Waals surface area contributed by atoms with Gasteiger partial charge in [0.15, 0.2) is 0 Å². The number of pyridine rings is 1. The second-order valence-corrected chi connectivity index (χ2v) is 15.8. The van der Waals surface area contributed by atoms with Gasteiger partial charge in [-0.1, -0.05) is 37.6 Å². The van der Waals surface area contributed by atoms with Gasteiger partial charge < -0.3 is 19.7 Å². The molecule has 1 fully saturated rings. The Morgan fingerprint density at radius 2 is 1.96 bits per heavy atom. The van der Waals surface area contributed by atoms with Crippen LogP contribution in [-0.2, 0) is 32.1 Å². The van der Waals surface area contributed by atoms with E-state index in [9.17, 15) is 19.4 Å². The molecule has 1 aromatic heterocycles. The van der Waals surface area contributed by atoms with E-state index >= 15 is 0 Å². The molecule has 1 heterocycles. The first-order valence-corrected chi connectivity index (χ1v) is 19.0. The van der Waals surface area contributed by atoms with Crippen LogP contribution in [0.2, 0.25) is 5.02 Å². The molecule has 0 radical (unpaired) electrons. The number of carboxylic acids is 1. The topological polar surface area (TPSA) is 127 Å². The summed E-state index contributed by atoms with van der Waals surface area (Å²) in [6.07, 6.45) is 8.89. The van der Waals surface area contributed by atoms with Crippen LogP contribution in [0.1, 0.15) is 94.0 Å². The minimum absolute atomic E-state index is 0.0444. The molecule has 1 unspecified atom stereocenters. The van der Waals surface area contributed by atoms with Crippen LogP contribution in [0, 0.1) is 11.8 Å². The minimum atomic E-state index is -4.28. The second-order valence-electron chi connectivity index (χ2n) is 14.0. The Labute approximate surface area is 288 Å². The number of phosphoric acid groups is 1. The van der Waals surface area contributed by atoms with Crippen molar-refractivity contribution >= 4 is 31.1 Å². The Morgan fingerprint density at radius 3 is 2.69 bits per heavy atom. The van der Waals surface area contributed by atoms with Gasteiger partial charge in [0.05, 0.1) is 13.2 Å². The lowest BCUT2D eigenvalue weighted by atomic mass is 9.59. The summed E-state index contributed by atoms with van der Waals surface area (Å²) in [4.78, 5) is 27.7. The van der Waals surface area contributed by atoms with E-state index in [1.54, 1.807) is 25.1 Å². The number of aromatic nitrogens is 1. The Hall–Kier alpha value is -3.10. The van der Waals surface area contributed by atoms with E-state index in [1.807, 2.05) is 36.5 Å². The number of nitrogens with zero attached hydrogens (tertiary/aromatic N) is 1. The molecular formula is C37H46ClN2O7P. The molecule has 3 aromatic rings. The molecule has 1 saturated carbocycles. The van der Waals surface area contributed by atoms with E-state index < -0.39 is 19.3 Å². The van der Waals surface area contributed by atoms with Crippen LogP contribution in [0.25, 0.3) is 0 Å². The second kappa shape index (κ2) is 14.0. The Morgan fingerprint density at radius 1 is 1.17 bits per heavy atom. The van der Waals surface area contributed by atoms with Gasteiger partial charge in [-0.2, -0.15) is 0 Å². The van der Waals surface area contributed by atoms with Gasteiger partial charge in [-0.25, -0.2) is 9.36 Å². The number of rotatable bonds is 12. The summed E-state index contributed by atoms with van der Waals surface area (Å²) in [5.41, 5.74) is 3.79. The Kier molecular flexibility index (Phi) is 10.2. The molecule has 48 heavy (non-hydrogen) atoms. The Balaban J connectivity index is 1.26. The van der Waals surface area contributed by atoms with Crippen molar-refractivity contribution in [1.29, 1.82) is 0 Å².